The summed E-state index contributed by atoms with van der Waals surface area (Å²) in [5.41, 5.74) is 3.31. The summed E-state index contributed by atoms with van der Waals surface area (Å²) in [5, 5.41) is 14.1. The van der Waals surface area contributed by atoms with Gasteiger partial charge in [-0.15, -0.1) is 0 Å². The number of aryl methyl sites for hydroxylation is 1. The summed E-state index contributed by atoms with van der Waals surface area (Å²) in [7, 11) is 3.30. The van der Waals surface area contributed by atoms with Crippen molar-refractivity contribution in [2.75, 3.05) is 51.9 Å². The molecule has 0 bridgehead atoms. The molecule has 2 aliphatic heterocycles. The fraction of sp³-hybridized carbons (Fsp3) is 0.371. The quantitative estimate of drug-likeness (QED) is 0.243. The van der Waals surface area contributed by atoms with Gasteiger partial charge in [0.2, 0.25) is 0 Å². The van der Waals surface area contributed by atoms with Gasteiger partial charge in [-0.1, -0.05) is 48.5 Å². The molecule has 2 aromatic heterocycles. The molecule has 4 aromatic rings. The van der Waals surface area contributed by atoms with Crippen molar-refractivity contribution in [1.29, 1.82) is 0 Å². The number of carbonyl (C=O) groups excluding carboxylic acids is 2. The number of ether oxygens (including phenoxy) is 2. The van der Waals surface area contributed by atoms with E-state index in [0.717, 1.165) is 18.8 Å². The molecule has 0 aliphatic carbocycles. The molecular weight excluding hydrogens is 598 g/mol. The molecule has 4 heterocycles. The predicted molar refractivity (Wildman–Crippen MR) is 179 cm³/mol. The number of carbonyl (C=O) groups is 2. The average molecular weight is 640 g/mol. The third-order valence-electron chi connectivity index (χ3n) is 8.87. The second-order valence-electron chi connectivity index (χ2n) is 12.1. The van der Waals surface area contributed by atoms with Gasteiger partial charge in [0.1, 0.15) is 11.4 Å². The van der Waals surface area contributed by atoms with Crippen molar-refractivity contribution in [2.45, 2.75) is 31.3 Å². The van der Waals surface area contributed by atoms with Crippen LogP contribution in [0.25, 0.3) is 16.9 Å². The molecule has 12 nitrogen and oxygen atoms in total. The van der Waals surface area contributed by atoms with Crippen molar-refractivity contribution < 1.29 is 19.1 Å². The van der Waals surface area contributed by atoms with Crippen LogP contribution in [0, 0.1) is 6.92 Å². The van der Waals surface area contributed by atoms with E-state index in [2.05, 4.69) is 33.0 Å². The summed E-state index contributed by atoms with van der Waals surface area (Å²) >= 11 is 0. The van der Waals surface area contributed by atoms with Crippen molar-refractivity contribution in [1.82, 2.24) is 29.9 Å². The number of anilines is 1. The first-order chi connectivity index (χ1) is 22.8. The van der Waals surface area contributed by atoms with Gasteiger partial charge in [0.25, 0.3) is 11.5 Å². The number of pyridine rings is 1. The van der Waals surface area contributed by atoms with Gasteiger partial charge < -0.3 is 24.7 Å². The van der Waals surface area contributed by atoms with Gasteiger partial charge in [0, 0.05) is 63.6 Å². The highest BCUT2D eigenvalue weighted by molar-refractivity contribution is 5.96. The highest BCUT2D eigenvalue weighted by Crippen LogP contribution is 2.31. The normalized spacial score (nSPS) is 19.5. The zero-order chi connectivity index (χ0) is 32.9. The first-order valence-corrected chi connectivity index (χ1v) is 15.9. The minimum Gasteiger partial charge on any atom is -0.383 e. The van der Waals surface area contributed by atoms with E-state index in [1.807, 2.05) is 55.5 Å². The first-order valence-electron chi connectivity index (χ1n) is 15.9. The van der Waals surface area contributed by atoms with Crippen molar-refractivity contribution >= 4 is 17.8 Å². The van der Waals surface area contributed by atoms with Gasteiger partial charge in [-0.25, -0.2) is 9.48 Å². The zero-order valence-corrected chi connectivity index (χ0v) is 26.9. The number of para-hydroxylation sites is 1. The number of rotatable bonds is 10. The number of benzene rings is 2. The van der Waals surface area contributed by atoms with Gasteiger partial charge in [-0.3, -0.25) is 19.8 Å². The van der Waals surface area contributed by atoms with Crippen molar-refractivity contribution in [3.63, 3.8) is 0 Å². The third-order valence-corrected chi connectivity index (χ3v) is 8.87. The van der Waals surface area contributed by atoms with Crippen LogP contribution in [-0.2, 0) is 16.5 Å². The third kappa shape index (κ3) is 7.14. The molecule has 47 heavy (non-hydrogen) atoms. The predicted octanol–water partition coefficient (Wildman–Crippen LogP) is 3.30. The molecule has 246 valence electrons. The lowest BCUT2D eigenvalue weighted by Gasteiger charge is -2.21. The molecule has 2 aliphatic rings. The summed E-state index contributed by atoms with van der Waals surface area (Å²) in [6, 6.07) is 20.7. The Morgan fingerprint density at radius 3 is 2.49 bits per heavy atom. The standard InChI is InChI=1S/C35H41N7O5/c1-23-31(25-18-28(34(44)40(2)19-25)33(43)36-26-14-16-47-22-26)39-42(27-12-8-5-9-13-27)32(23)38-35(45)37-30-21-41(15-17-46-3)20-29(30)24-10-6-4-7-11-24/h4-13,18-19,26,29-30H,14-17,20-22H2,1-3H3,(H,36,43)(H2,37,38,45)/t26-,29+,30-/m1/s1. The van der Waals surface area contributed by atoms with Gasteiger partial charge in [0.05, 0.1) is 36.7 Å². The van der Waals surface area contributed by atoms with Crippen LogP contribution in [-0.4, -0.2) is 89.8 Å². The SMILES string of the molecule is COCCN1C[C@@H](NC(=O)Nc2c(C)c(-c3cc(C(=O)N[C@@H]4CCOC4)c(=O)n(C)c3)nn2-c2ccccc2)[C@H](c2ccccc2)C1. The van der Waals surface area contributed by atoms with Gasteiger partial charge >= 0.3 is 6.03 Å². The highest BCUT2D eigenvalue weighted by atomic mass is 16.5. The molecule has 2 saturated heterocycles. The molecule has 2 fully saturated rings. The van der Waals surface area contributed by atoms with Crippen LogP contribution in [0.3, 0.4) is 0 Å². The summed E-state index contributed by atoms with van der Waals surface area (Å²) < 4.78 is 13.8. The first kappa shape index (κ1) is 32.2. The molecule has 3 N–H and O–H groups in total. The molecule has 0 unspecified atom stereocenters. The smallest absolute Gasteiger partial charge is 0.320 e. The summed E-state index contributed by atoms with van der Waals surface area (Å²) in [4.78, 5) is 42.3. The van der Waals surface area contributed by atoms with Crippen molar-refractivity contribution in [2.24, 2.45) is 7.05 Å². The van der Waals surface area contributed by atoms with Crippen LogP contribution >= 0.6 is 0 Å². The Kier molecular flexibility index (Phi) is 9.81. The molecule has 12 heteroatoms. The van der Waals surface area contributed by atoms with E-state index >= 15 is 0 Å². The number of methoxy groups -OCH3 is 1. The molecule has 3 amide bonds. The maximum atomic E-state index is 13.7. The van der Waals surface area contributed by atoms with Crippen molar-refractivity contribution in [3.8, 4) is 16.9 Å². The fourth-order valence-electron chi connectivity index (χ4n) is 6.37. The molecule has 2 aromatic carbocycles. The summed E-state index contributed by atoms with van der Waals surface area (Å²) in [5.74, 6) is 0.141. The Hall–Kier alpha value is -4.78. The minimum absolute atomic E-state index is 0.0176. The van der Waals surface area contributed by atoms with E-state index in [1.165, 1.54) is 10.1 Å². The molecule has 0 saturated carbocycles. The number of hydrogen-bond acceptors (Lipinski definition) is 7. The fourth-order valence-corrected chi connectivity index (χ4v) is 6.37. The topological polar surface area (TPSA) is 132 Å². The van der Waals surface area contributed by atoms with E-state index < -0.39 is 11.5 Å². The summed E-state index contributed by atoms with van der Waals surface area (Å²) in [6.45, 7) is 5.74. The second-order valence-corrected chi connectivity index (χ2v) is 12.1. The highest BCUT2D eigenvalue weighted by Gasteiger charge is 2.35. The number of likely N-dealkylation sites (tertiary alicyclic amines) is 1. The maximum Gasteiger partial charge on any atom is 0.320 e. The lowest BCUT2D eigenvalue weighted by molar-refractivity contribution is 0.0928. The molecule has 0 radical (unpaired) electrons. The number of aromatic nitrogens is 3. The Morgan fingerprint density at radius 2 is 1.79 bits per heavy atom. The molecule has 0 spiro atoms. The number of nitrogens with one attached hydrogen (secondary N) is 3. The van der Waals surface area contributed by atoms with E-state index in [4.69, 9.17) is 14.6 Å². The number of urea groups is 1. The van der Waals surface area contributed by atoms with E-state index in [0.29, 0.717) is 55.4 Å². The molecule has 6 rings (SSSR count). The van der Waals surface area contributed by atoms with Crippen LogP contribution < -0.4 is 21.5 Å². The van der Waals surface area contributed by atoms with Crippen LogP contribution in [0.4, 0.5) is 10.6 Å². The Bertz CT molecular complexity index is 1770. The van der Waals surface area contributed by atoms with E-state index in [-0.39, 0.29) is 29.6 Å². The number of amides is 3. The lowest BCUT2D eigenvalue weighted by Crippen LogP contribution is -2.42. The minimum atomic E-state index is -0.454. The van der Waals surface area contributed by atoms with Gasteiger partial charge in [-0.05, 0) is 37.1 Å². The Morgan fingerprint density at radius 1 is 1.04 bits per heavy atom. The molecule has 3 atom stereocenters. The van der Waals surface area contributed by atoms with Crippen LogP contribution in [0.2, 0.25) is 0 Å². The second kappa shape index (κ2) is 14.3. The van der Waals surface area contributed by atoms with E-state index in [1.54, 1.807) is 31.1 Å². The molecular formula is C35H41N7O5. The van der Waals surface area contributed by atoms with Crippen LogP contribution in [0.1, 0.15) is 33.8 Å². The largest absolute Gasteiger partial charge is 0.383 e. The zero-order valence-electron chi connectivity index (χ0n) is 26.9. The summed E-state index contributed by atoms with van der Waals surface area (Å²) in [6.07, 6.45) is 2.35. The Balaban J connectivity index is 1.30. The maximum absolute atomic E-state index is 13.7. The Labute approximate surface area is 273 Å². The van der Waals surface area contributed by atoms with Crippen LogP contribution in [0.5, 0.6) is 0 Å². The number of nitrogens with zero attached hydrogens (tertiary/aromatic N) is 4. The average Bonchev–Trinajstić information content (AvgIpc) is 3.82. The van der Waals surface area contributed by atoms with Gasteiger partial charge in [-0.2, -0.15) is 5.10 Å². The van der Waals surface area contributed by atoms with Gasteiger partial charge in [0.15, 0.2) is 0 Å². The number of hydrogen-bond donors (Lipinski definition) is 3. The lowest BCUT2D eigenvalue weighted by atomic mass is 9.94. The van der Waals surface area contributed by atoms with Crippen LogP contribution in [0.15, 0.2) is 77.7 Å². The van der Waals surface area contributed by atoms with Crippen molar-refractivity contribution in [3.05, 3.63) is 100.0 Å². The van der Waals surface area contributed by atoms with E-state index in [9.17, 15) is 14.4 Å². The monoisotopic (exact) mass is 639 g/mol.